The first-order valence-corrected chi connectivity index (χ1v) is 2.23. The van der Waals surface area contributed by atoms with E-state index in [4.69, 9.17) is 5.11 Å². The van der Waals surface area contributed by atoms with Gasteiger partial charge < -0.3 is 15.9 Å². The van der Waals surface area contributed by atoms with Crippen molar-refractivity contribution in [3.05, 3.63) is 0 Å². The molecule has 7 heavy (non-hydrogen) atoms. The third kappa shape index (κ3) is 10.7. The molecule has 0 spiro atoms. The average molecular weight is 107 g/mol. The summed E-state index contributed by atoms with van der Waals surface area (Å²) in [5.41, 5.74) is 0. The Kier molecular flexibility index (Phi) is 13.3. The van der Waals surface area contributed by atoms with Crippen molar-refractivity contribution in [2.45, 2.75) is 6.92 Å². The summed E-state index contributed by atoms with van der Waals surface area (Å²) in [5.74, 6) is 0. The number of hydrogen-bond acceptors (Lipinski definition) is 2. The van der Waals surface area contributed by atoms with Crippen molar-refractivity contribution in [2.24, 2.45) is 0 Å². The van der Waals surface area contributed by atoms with Crippen molar-refractivity contribution in [2.75, 3.05) is 19.7 Å². The molecule has 0 unspecified atom stereocenters. The van der Waals surface area contributed by atoms with Crippen LogP contribution in [-0.2, 0) is 0 Å². The van der Waals surface area contributed by atoms with Crippen molar-refractivity contribution in [1.29, 1.82) is 0 Å². The summed E-state index contributed by atoms with van der Waals surface area (Å²) in [6.45, 7) is 3.92. The zero-order chi connectivity index (χ0) is 4.83. The first-order chi connectivity index (χ1) is 2.91. The highest BCUT2D eigenvalue weighted by Gasteiger charge is 1.72. The van der Waals surface area contributed by atoms with E-state index in [1.54, 1.807) is 0 Å². The standard InChI is InChI=1S/C4H11NO.H2O/c1-2-5-3-4-6;/h5-6H,2-4H2,1H3;1H2. The molecular formula is C4H13NO2. The topological polar surface area (TPSA) is 63.8 Å². The van der Waals surface area contributed by atoms with Gasteiger partial charge in [0.1, 0.15) is 0 Å². The van der Waals surface area contributed by atoms with E-state index in [0.29, 0.717) is 0 Å². The lowest BCUT2D eigenvalue weighted by Gasteiger charge is -1.91. The van der Waals surface area contributed by atoms with Gasteiger partial charge in [-0.05, 0) is 6.54 Å². The van der Waals surface area contributed by atoms with Gasteiger partial charge in [0, 0.05) is 6.54 Å². The molecule has 0 rings (SSSR count). The normalized spacial score (nSPS) is 7.71. The maximum absolute atomic E-state index is 8.13. The van der Waals surface area contributed by atoms with Crippen LogP contribution in [0.2, 0.25) is 0 Å². The van der Waals surface area contributed by atoms with Crippen molar-refractivity contribution in [3.8, 4) is 0 Å². The maximum Gasteiger partial charge on any atom is 0.0555 e. The maximum atomic E-state index is 8.13. The average Bonchev–Trinajstić information content (AvgIpc) is 1.61. The van der Waals surface area contributed by atoms with Crippen LogP contribution in [0.3, 0.4) is 0 Å². The minimum atomic E-state index is 0. The molecular weight excluding hydrogens is 94.0 g/mol. The van der Waals surface area contributed by atoms with Gasteiger partial charge in [0.15, 0.2) is 0 Å². The van der Waals surface area contributed by atoms with Crippen LogP contribution in [0.5, 0.6) is 0 Å². The number of aliphatic hydroxyl groups is 1. The smallest absolute Gasteiger partial charge is 0.0555 e. The van der Waals surface area contributed by atoms with E-state index < -0.39 is 0 Å². The van der Waals surface area contributed by atoms with Crippen LogP contribution in [0.1, 0.15) is 6.92 Å². The molecule has 0 heterocycles. The Hall–Kier alpha value is -0.120. The van der Waals surface area contributed by atoms with Crippen molar-refractivity contribution >= 4 is 0 Å². The van der Waals surface area contributed by atoms with E-state index in [9.17, 15) is 0 Å². The number of hydrogen-bond donors (Lipinski definition) is 2. The molecule has 46 valence electrons. The Morgan fingerprint density at radius 2 is 2.14 bits per heavy atom. The van der Waals surface area contributed by atoms with E-state index in [1.165, 1.54) is 0 Å². The fourth-order valence-corrected chi connectivity index (χ4v) is 0.256. The van der Waals surface area contributed by atoms with Gasteiger partial charge in [0.05, 0.1) is 6.61 Å². The zero-order valence-electron chi connectivity index (χ0n) is 4.57. The second-order valence-corrected chi connectivity index (χ2v) is 1.08. The highest BCUT2D eigenvalue weighted by atomic mass is 16.3. The summed E-state index contributed by atoms with van der Waals surface area (Å²) in [7, 11) is 0. The number of likely N-dealkylation sites (N-methyl/N-ethyl adjacent to an activating group) is 1. The van der Waals surface area contributed by atoms with Gasteiger partial charge in [-0.3, -0.25) is 0 Å². The van der Waals surface area contributed by atoms with Gasteiger partial charge in [-0.2, -0.15) is 0 Å². The number of rotatable bonds is 3. The Balaban J connectivity index is 0. The van der Waals surface area contributed by atoms with Gasteiger partial charge >= 0.3 is 0 Å². The number of aliphatic hydroxyl groups excluding tert-OH is 1. The molecule has 0 atom stereocenters. The molecule has 3 heteroatoms. The third-order valence-electron chi connectivity index (χ3n) is 0.539. The first-order valence-electron chi connectivity index (χ1n) is 2.23. The van der Waals surface area contributed by atoms with Crippen LogP contribution in [0.25, 0.3) is 0 Å². The number of nitrogens with one attached hydrogen (secondary N) is 1. The second kappa shape index (κ2) is 9.30. The Morgan fingerprint density at radius 3 is 2.29 bits per heavy atom. The molecule has 0 aliphatic carbocycles. The molecule has 0 radical (unpaired) electrons. The van der Waals surface area contributed by atoms with Crippen molar-refractivity contribution in [1.82, 2.24) is 5.32 Å². The molecule has 0 saturated carbocycles. The molecule has 0 aliphatic heterocycles. The minimum Gasteiger partial charge on any atom is -0.412 e. The summed E-state index contributed by atoms with van der Waals surface area (Å²) in [5, 5.41) is 11.1. The zero-order valence-corrected chi connectivity index (χ0v) is 4.57. The summed E-state index contributed by atoms with van der Waals surface area (Å²) < 4.78 is 0. The lowest BCUT2D eigenvalue weighted by atomic mass is 10.6. The van der Waals surface area contributed by atoms with E-state index in [0.717, 1.165) is 13.1 Å². The lowest BCUT2D eigenvalue weighted by Crippen LogP contribution is -2.16. The molecule has 0 aromatic carbocycles. The van der Waals surface area contributed by atoms with Gasteiger partial charge in [0.25, 0.3) is 0 Å². The van der Waals surface area contributed by atoms with E-state index in [2.05, 4.69) is 5.32 Å². The van der Waals surface area contributed by atoms with E-state index in [-0.39, 0.29) is 12.1 Å². The largest absolute Gasteiger partial charge is 0.412 e. The quantitative estimate of drug-likeness (QED) is 0.443. The molecule has 0 aromatic rings. The van der Waals surface area contributed by atoms with Crippen LogP contribution < -0.4 is 5.32 Å². The summed E-state index contributed by atoms with van der Waals surface area (Å²) in [6, 6.07) is 0. The predicted octanol–water partition coefficient (Wildman–Crippen LogP) is -1.24. The van der Waals surface area contributed by atoms with Gasteiger partial charge in [-0.25, -0.2) is 0 Å². The van der Waals surface area contributed by atoms with Crippen LogP contribution >= 0.6 is 0 Å². The molecule has 4 N–H and O–H groups in total. The van der Waals surface area contributed by atoms with Crippen molar-refractivity contribution in [3.63, 3.8) is 0 Å². The molecule has 3 nitrogen and oxygen atoms in total. The summed E-state index contributed by atoms with van der Waals surface area (Å²) in [6.07, 6.45) is 0. The molecule has 0 fully saturated rings. The molecule has 0 bridgehead atoms. The Labute approximate surface area is 43.7 Å². The minimum absolute atomic E-state index is 0. The molecule has 0 aliphatic rings. The Bertz CT molecular complexity index is 21.7. The van der Waals surface area contributed by atoms with Gasteiger partial charge in [-0.1, -0.05) is 6.92 Å². The molecule has 0 aromatic heterocycles. The third-order valence-corrected chi connectivity index (χ3v) is 0.539. The van der Waals surface area contributed by atoms with Crippen LogP contribution in [0.15, 0.2) is 0 Å². The van der Waals surface area contributed by atoms with Crippen LogP contribution in [0, 0.1) is 0 Å². The predicted molar refractivity (Wildman–Crippen MR) is 29.2 cm³/mol. The van der Waals surface area contributed by atoms with Crippen LogP contribution in [-0.4, -0.2) is 30.3 Å². The van der Waals surface area contributed by atoms with Crippen molar-refractivity contribution < 1.29 is 10.6 Å². The van der Waals surface area contributed by atoms with Gasteiger partial charge in [0.2, 0.25) is 0 Å². The fraction of sp³-hybridized carbons (Fsp3) is 1.00. The second-order valence-electron chi connectivity index (χ2n) is 1.08. The van der Waals surface area contributed by atoms with E-state index >= 15 is 0 Å². The highest BCUT2D eigenvalue weighted by molar-refractivity contribution is 4.35. The molecule has 0 amide bonds. The van der Waals surface area contributed by atoms with E-state index in [1.807, 2.05) is 6.92 Å². The Morgan fingerprint density at radius 1 is 1.57 bits per heavy atom. The SMILES string of the molecule is CCNCCO.O. The lowest BCUT2D eigenvalue weighted by molar-refractivity contribution is 0.293. The summed E-state index contributed by atoms with van der Waals surface area (Å²) in [4.78, 5) is 0. The fourth-order valence-electron chi connectivity index (χ4n) is 0.256. The first kappa shape index (κ1) is 9.99. The van der Waals surface area contributed by atoms with Gasteiger partial charge in [-0.15, -0.1) is 0 Å². The summed E-state index contributed by atoms with van der Waals surface area (Å²) >= 11 is 0. The van der Waals surface area contributed by atoms with Crippen LogP contribution in [0.4, 0.5) is 0 Å². The monoisotopic (exact) mass is 107 g/mol. The molecule has 0 saturated heterocycles. The highest BCUT2D eigenvalue weighted by Crippen LogP contribution is 1.51.